The first kappa shape index (κ1) is 10.8. The van der Waals surface area contributed by atoms with Gasteiger partial charge in [-0.25, -0.2) is 0 Å². The maximum Gasteiger partial charge on any atom is 0.223 e. The predicted molar refractivity (Wildman–Crippen MR) is 58.8 cm³/mol. The fourth-order valence-electron chi connectivity index (χ4n) is 1.54. The molecule has 0 spiro atoms. The summed E-state index contributed by atoms with van der Waals surface area (Å²) < 4.78 is 4.99. The van der Waals surface area contributed by atoms with E-state index in [4.69, 9.17) is 4.52 Å². The molecule has 84 valence electrons. The van der Waals surface area contributed by atoms with E-state index in [-0.39, 0.29) is 6.04 Å². The van der Waals surface area contributed by atoms with Gasteiger partial charge in [0.1, 0.15) is 0 Å². The zero-order valence-corrected chi connectivity index (χ0v) is 9.34. The van der Waals surface area contributed by atoms with Gasteiger partial charge in [0.2, 0.25) is 5.89 Å². The van der Waals surface area contributed by atoms with E-state index in [1.807, 2.05) is 19.1 Å². The Balaban J connectivity index is 2.31. The molecule has 0 fully saturated rings. The van der Waals surface area contributed by atoms with E-state index in [9.17, 15) is 0 Å². The first-order valence-corrected chi connectivity index (χ1v) is 5.24. The molecule has 1 N–H and O–H groups in total. The summed E-state index contributed by atoms with van der Waals surface area (Å²) in [5, 5.41) is 7.24. The van der Waals surface area contributed by atoms with Crippen LogP contribution in [0.15, 0.2) is 29.0 Å². The van der Waals surface area contributed by atoms with Gasteiger partial charge in [0.25, 0.3) is 0 Å². The van der Waals surface area contributed by atoms with E-state index < -0.39 is 0 Å². The molecular weight excluding hydrogens is 204 g/mol. The Labute approximate surface area is 93.9 Å². The number of pyridine rings is 1. The largest absolute Gasteiger partial charge is 0.340 e. The second-order valence-corrected chi connectivity index (χ2v) is 3.45. The van der Waals surface area contributed by atoms with Gasteiger partial charge in [0.15, 0.2) is 5.82 Å². The molecule has 0 radical (unpaired) electrons. The molecule has 5 heteroatoms. The van der Waals surface area contributed by atoms with Crippen LogP contribution in [0.1, 0.15) is 30.2 Å². The van der Waals surface area contributed by atoms with Crippen LogP contribution in [-0.2, 0) is 0 Å². The lowest BCUT2D eigenvalue weighted by molar-refractivity contribution is 0.382. The second-order valence-electron chi connectivity index (χ2n) is 3.45. The normalized spacial score (nSPS) is 12.6. The minimum absolute atomic E-state index is 0.0591. The average molecular weight is 218 g/mol. The lowest BCUT2D eigenvalue weighted by Crippen LogP contribution is -2.23. The minimum Gasteiger partial charge on any atom is -0.340 e. The van der Waals surface area contributed by atoms with Crippen LogP contribution >= 0.6 is 0 Å². The third-order valence-electron chi connectivity index (χ3n) is 2.23. The number of aromatic nitrogens is 3. The van der Waals surface area contributed by atoms with Crippen molar-refractivity contribution in [2.24, 2.45) is 0 Å². The Morgan fingerprint density at radius 2 is 2.38 bits per heavy atom. The van der Waals surface area contributed by atoms with Crippen LogP contribution in [0.5, 0.6) is 0 Å². The number of hydrogen-bond donors (Lipinski definition) is 1. The highest BCUT2D eigenvalue weighted by molar-refractivity contribution is 5.20. The summed E-state index contributed by atoms with van der Waals surface area (Å²) in [5.41, 5.74) is 1.03. The summed E-state index contributed by atoms with van der Waals surface area (Å²) in [5.74, 6) is 1.22. The predicted octanol–water partition coefficient (Wildman–Crippen LogP) is 1.47. The average Bonchev–Trinajstić information content (AvgIpc) is 2.74. The minimum atomic E-state index is -0.0591. The van der Waals surface area contributed by atoms with Gasteiger partial charge < -0.3 is 9.84 Å². The Kier molecular flexibility index (Phi) is 3.26. The molecule has 0 amide bonds. The van der Waals surface area contributed by atoms with Crippen LogP contribution in [0.4, 0.5) is 0 Å². The number of aryl methyl sites for hydroxylation is 1. The summed E-state index contributed by atoms with van der Waals surface area (Å²) in [6.07, 6.45) is 3.55. The highest BCUT2D eigenvalue weighted by Gasteiger charge is 2.18. The lowest BCUT2D eigenvalue weighted by atomic mass is 10.1. The molecule has 16 heavy (non-hydrogen) atoms. The fourth-order valence-corrected chi connectivity index (χ4v) is 1.54. The zero-order chi connectivity index (χ0) is 11.4. The molecule has 0 unspecified atom stereocenters. The molecular formula is C11H14N4O. The fraction of sp³-hybridized carbons (Fsp3) is 0.364. The molecule has 2 aromatic heterocycles. The van der Waals surface area contributed by atoms with Crippen LogP contribution in [0.3, 0.4) is 0 Å². The second kappa shape index (κ2) is 4.85. The maximum atomic E-state index is 4.99. The quantitative estimate of drug-likeness (QED) is 0.842. The topological polar surface area (TPSA) is 63.8 Å². The van der Waals surface area contributed by atoms with Gasteiger partial charge in [-0.2, -0.15) is 4.98 Å². The molecule has 2 heterocycles. The molecule has 0 bridgehead atoms. The SMILES string of the molecule is CCN[C@@H](c1cccnc1)c1noc(C)n1. The van der Waals surface area contributed by atoms with E-state index in [0.717, 1.165) is 12.1 Å². The smallest absolute Gasteiger partial charge is 0.223 e. The Hall–Kier alpha value is -1.75. The van der Waals surface area contributed by atoms with Gasteiger partial charge in [-0.1, -0.05) is 18.1 Å². The van der Waals surface area contributed by atoms with Crippen molar-refractivity contribution in [1.29, 1.82) is 0 Å². The number of rotatable bonds is 4. The molecule has 2 rings (SSSR count). The maximum absolute atomic E-state index is 4.99. The van der Waals surface area contributed by atoms with Crippen molar-refractivity contribution in [2.45, 2.75) is 19.9 Å². The van der Waals surface area contributed by atoms with Crippen LogP contribution in [0, 0.1) is 6.92 Å². The molecule has 0 aliphatic rings. The molecule has 2 aromatic rings. The van der Waals surface area contributed by atoms with Crippen LogP contribution in [0.2, 0.25) is 0 Å². The summed E-state index contributed by atoms with van der Waals surface area (Å²) in [4.78, 5) is 8.33. The molecule has 0 aliphatic heterocycles. The summed E-state index contributed by atoms with van der Waals surface area (Å²) >= 11 is 0. The molecule has 0 aromatic carbocycles. The number of hydrogen-bond acceptors (Lipinski definition) is 5. The van der Waals surface area contributed by atoms with Gasteiger partial charge in [0, 0.05) is 19.3 Å². The molecule has 5 nitrogen and oxygen atoms in total. The van der Waals surface area contributed by atoms with E-state index in [2.05, 4.69) is 20.4 Å². The number of nitrogens with zero attached hydrogens (tertiary/aromatic N) is 3. The van der Waals surface area contributed by atoms with Crippen molar-refractivity contribution < 1.29 is 4.52 Å². The Bertz CT molecular complexity index is 440. The van der Waals surface area contributed by atoms with Gasteiger partial charge >= 0.3 is 0 Å². The van der Waals surface area contributed by atoms with Crippen LogP contribution in [0.25, 0.3) is 0 Å². The van der Waals surface area contributed by atoms with Crippen molar-refractivity contribution in [1.82, 2.24) is 20.4 Å². The summed E-state index contributed by atoms with van der Waals surface area (Å²) in [6, 6.07) is 3.83. The van der Waals surface area contributed by atoms with Crippen molar-refractivity contribution in [3.8, 4) is 0 Å². The van der Waals surface area contributed by atoms with Gasteiger partial charge in [-0.05, 0) is 18.2 Å². The lowest BCUT2D eigenvalue weighted by Gasteiger charge is -2.13. The summed E-state index contributed by atoms with van der Waals surface area (Å²) in [7, 11) is 0. The summed E-state index contributed by atoms with van der Waals surface area (Å²) in [6.45, 7) is 4.65. The monoisotopic (exact) mass is 218 g/mol. The zero-order valence-electron chi connectivity index (χ0n) is 9.34. The first-order valence-electron chi connectivity index (χ1n) is 5.24. The van der Waals surface area contributed by atoms with E-state index >= 15 is 0 Å². The van der Waals surface area contributed by atoms with Gasteiger partial charge in [0.05, 0.1) is 6.04 Å². The first-order chi connectivity index (χ1) is 7.81. The molecule has 0 aliphatic carbocycles. The standard InChI is InChI=1S/C11H14N4O/c1-3-13-10(9-5-4-6-12-7-9)11-14-8(2)16-15-11/h4-7,10,13H,3H2,1-2H3/t10-/m0/s1. The highest BCUT2D eigenvalue weighted by Crippen LogP contribution is 2.18. The van der Waals surface area contributed by atoms with E-state index in [1.54, 1.807) is 19.3 Å². The van der Waals surface area contributed by atoms with E-state index in [0.29, 0.717) is 11.7 Å². The molecule has 0 saturated heterocycles. The van der Waals surface area contributed by atoms with Crippen molar-refractivity contribution >= 4 is 0 Å². The molecule has 1 atom stereocenters. The van der Waals surface area contributed by atoms with Gasteiger partial charge in [-0.3, -0.25) is 4.98 Å². The van der Waals surface area contributed by atoms with E-state index in [1.165, 1.54) is 0 Å². The van der Waals surface area contributed by atoms with Crippen molar-refractivity contribution in [3.63, 3.8) is 0 Å². The Morgan fingerprint density at radius 3 is 2.94 bits per heavy atom. The third-order valence-corrected chi connectivity index (χ3v) is 2.23. The third kappa shape index (κ3) is 2.25. The molecule has 0 saturated carbocycles. The van der Waals surface area contributed by atoms with Crippen molar-refractivity contribution in [2.75, 3.05) is 6.54 Å². The number of nitrogens with one attached hydrogen (secondary N) is 1. The van der Waals surface area contributed by atoms with Crippen molar-refractivity contribution in [3.05, 3.63) is 41.8 Å². The van der Waals surface area contributed by atoms with Crippen LogP contribution < -0.4 is 5.32 Å². The van der Waals surface area contributed by atoms with Crippen LogP contribution in [-0.4, -0.2) is 21.7 Å². The highest BCUT2D eigenvalue weighted by atomic mass is 16.5. The van der Waals surface area contributed by atoms with Gasteiger partial charge in [-0.15, -0.1) is 0 Å². The Morgan fingerprint density at radius 1 is 1.50 bits per heavy atom.